The van der Waals surface area contributed by atoms with Crippen LogP contribution >= 0.6 is 0 Å². The molecule has 17 heavy (non-hydrogen) atoms. The van der Waals surface area contributed by atoms with Gasteiger partial charge in [-0.05, 0) is 25.3 Å². The molecule has 1 N–H and O–H groups in total. The summed E-state index contributed by atoms with van der Waals surface area (Å²) in [5.74, 6) is 0.829. The fourth-order valence-corrected chi connectivity index (χ4v) is 1.96. The molecule has 0 radical (unpaired) electrons. The maximum absolute atomic E-state index is 13.0. The fourth-order valence-electron chi connectivity index (χ4n) is 1.96. The SMILES string of the molecule is CC(C)CC(C)N(C)c1ncc(F)cc1CO. The molecule has 0 amide bonds. The zero-order valence-electron chi connectivity index (χ0n) is 10.9. The number of nitrogens with zero attached hydrogens (tertiary/aromatic N) is 2. The molecule has 0 aliphatic rings. The minimum Gasteiger partial charge on any atom is -0.392 e. The standard InChI is InChI=1S/C13H21FN2O/c1-9(2)5-10(3)16(4)13-11(8-17)6-12(14)7-15-13/h6-7,9-10,17H,5,8H2,1-4H3. The van der Waals surface area contributed by atoms with Crippen molar-refractivity contribution in [3.8, 4) is 0 Å². The molecule has 0 spiro atoms. The van der Waals surface area contributed by atoms with E-state index in [1.54, 1.807) is 0 Å². The topological polar surface area (TPSA) is 36.4 Å². The number of pyridine rings is 1. The van der Waals surface area contributed by atoms with Crippen molar-refractivity contribution in [3.05, 3.63) is 23.6 Å². The maximum atomic E-state index is 13.0. The molecule has 0 aliphatic heterocycles. The van der Waals surface area contributed by atoms with Crippen molar-refractivity contribution in [2.45, 2.75) is 39.8 Å². The Balaban J connectivity index is 2.91. The molecule has 0 saturated carbocycles. The van der Waals surface area contributed by atoms with Crippen molar-refractivity contribution in [2.75, 3.05) is 11.9 Å². The molecule has 1 aromatic heterocycles. The van der Waals surface area contributed by atoms with Crippen LogP contribution in [0.25, 0.3) is 0 Å². The highest BCUT2D eigenvalue weighted by atomic mass is 19.1. The third-order valence-corrected chi connectivity index (χ3v) is 2.89. The Morgan fingerprint density at radius 1 is 1.41 bits per heavy atom. The van der Waals surface area contributed by atoms with Gasteiger partial charge in [-0.3, -0.25) is 0 Å². The molecule has 3 nitrogen and oxygen atoms in total. The minimum absolute atomic E-state index is 0.196. The highest BCUT2D eigenvalue weighted by Gasteiger charge is 2.16. The molecule has 1 atom stereocenters. The van der Waals surface area contributed by atoms with E-state index in [2.05, 4.69) is 25.8 Å². The van der Waals surface area contributed by atoms with Gasteiger partial charge in [-0.2, -0.15) is 0 Å². The lowest BCUT2D eigenvalue weighted by Gasteiger charge is -2.28. The zero-order valence-corrected chi connectivity index (χ0v) is 10.9. The summed E-state index contributed by atoms with van der Waals surface area (Å²) in [5, 5.41) is 9.22. The van der Waals surface area contributed by atoms with Crippen LogP contribution in [0.5, 0.6) is 0 Å². The van der Waals surface area contributed by atoms with E-state index in [9.17, 15) is 9.50 Å². The van der Waals surface area contributed by atoms with Crippen LogP contribution in [0, 0.1) is 11.7 Å². The van der Waals surface area contributed by atoms with Crippen LogP contribution in [0.2, 0.25) is 0 Å². The van der Waals surface area contributed by atoms with Gasteiger partial charge in [-0.25, -0.2) is 9.37 Å². The van der Waals surface area contributed by atoms with E-state index >= 15 is 0 Å². The van der Waals surface area contributed by atoms with Gasteiger partial charge in [0.1, 0.15) is 11.6 Å². The van der Waals surface area contributed by atoms with Crippen LogP contribution in [-0.4, -0.2) is 23.2 Å². The summed E-state index contributed by atoms with van der Waals surface area (Å²) in [6.07, 6.45) is 2.22. The first-order valence-corrected chi connectivity index (χ1v) is 5.93. The van der Waals surface area contributed by atoms with Gasteiger partial charge in [-0.1, -0.05) is 13.8 Å². The van der Waals surface area contributed by atoms with Crippen LogP contribution in [0.4, 0.5) is 10.2 Å². The lowest BCUT2D eigenvalue weighted by atomic mass is 10.0. The highest BCUT2D eigenvalue weighted by molar-refractivity contribution is 5.46. The summed E-state index contributed by atoms with van der Waals surface area (Å²) in [6, 6.07) is 1.64. The first-order chi connectivity index (χ1) is 7.95. The number of rotatable bonds is 5. The first-order valence-electron chi connectivity index (χ1n) is 5.93. The van der Waals surface area contributed by atoms with Crippen molar-refractivity contribution in [1.82, 2.24) is 4.98 Å². The highest BCUT2D eigenvalue weighted by Crippen LogP contribution is 2.21. The Labute approximate surface area is 102 Å². The molecule has 1 aromatic rings. The van der Waals surface area contributed by atoms with Crippen LogP contribution in [0.15, 0.2) is 12.3 Å². The predicted octanol–water partition coefficient (Wildman–Crippen LogP) is 2.58. The summed E-state index contributed by atoms with van der Waals surface area (Å²) in [4.78, 5) is 6.06. The molecule has 0 fully saturated rings. The van der Waals surface area contributed by atoms with Crippen LogP contribution in [0.3, 0.4) is 0 Å². The van der Waals surface area contributed by atoms with Gasteiger partial charge >= 0.3 is 0 Å². The molecule has 0 aromatic carbocycles. The second kappa shape index (κ2) is 5.96. The molecule has 4 heteroatoms. The van der Waals surface area contributed by atoms with Crippen LogP contribution in [-0.2, 0) is 6.61 Å². The van der Waals surface area contributed by atoms with Gasteiger partial charge in [0.05, 0.1) is 12.8 Å². The summed E-state index contributed by atoms with van der Waals surface area (Å²) in [6.45, 7) is 6.23. The van der Waals surface area contributed by atoms with Crippen molar-refractivity contribution >= 4 is 5.82 Å². The molecule has 0 aliphatic carbocycles. The van der Waals surface area contributed by atoms with Crippen molar-refractivity contribution in [1.29, 1.82) is 0 Å². The Morgan fingerprint density at radius 2 is 2.06 bits per heavy atom. The second-order valence-electron chi connectivity index (χ2n) is 4.88. The number of hydrogen-bond donors (Lipinski definition) is 1. The van der Waals surface area contributed by atoms with Gasteiger partial charge in [0.15, 0.2) is 0 Å². The number of aliphatic hydroxyl groups excluding tert-OH is 1. The molecular formula is C13H21FN2O. The van der Waals surface area contributed by atoms with Gasteiger partial charge in [0.25, 0.3) is 0 Å². The minimum atomic E-state index is -0.414. The number of aromatic nitrogens is 1. The van der Waals surface area contributed by atoms with E-state index < -0.39 is 5.82 Å². The van der Waals surface area contributed by atoms with Crippen LogP contribution in [0.1, 0.15) is 32.8 Å². The average Bonchev–Trinajstić information content (AvgIpc) is 2.27. The monoisotopic (exact) mass is 240 g/mol. The van der Waals surface area contributed by atoms with E-state index in [1.165, 1.54) is 12.3 Å². The smallest absolute Gasteiger partial charge is 0.142 e. The van der Waals surface area contributed by atoms with Crippen LogP contribution < -0.4 is 4.90 Å². The van der Waals surface area contributed by atoms with Gasteiger partial charge in [0, 0.05) is 18.7 Å². The van der Waals surface area contributed by atoms with Gasteiger partial charge in [-0.15, -0.1) is 0 Å². The third-order valence-electron chi connectivity index (χ3n) is 2.89. The molecule has 1 heterocycles. The quantitative estimate of drug-likeness (QED) is 0.859. The lowest BCUT2D eigenvalue weighted by Crippen LogP contribution is -2.31. The normalized spacial score (nSPS) is 12.9. The number of halogens is 1. The Kier molecular flexibility index (Phi) is 4.87. The molecule has 96 valence electrons. The van der Waals surface area contributed by atoms with Gasteiger partial charge < -0.3 is 10.0 Å². The largest absolute Gasteiger partial charge is 0.392 e. The zero-order chi connectivity index (χ0) is 13.0. The average molecular weight is 240 g/mol. The predicted molar refractivity (Wildman–Crippen MR) is 67.4 cm³/mol. The Morgan fingerprint density at radius 3 is 2.59 bits per heavy atom. The molecular weight excluding hydrogens is 219 g/mol. The molecule has 0 saturated heterocycles. The Bertz CT molecular complexity index is 368. The molecule has 1 rings (SSSR count). The number of anilines is 1. The van der Waals surface area contributed by atoms with E-state index in [0.717, 1.165) is 6.42 Å². The molecule has 1 unspecified atom stereocenters. The lowest BCUT2D eigenvalue weighted by molar-refractivity contribution is 0.280. The van der Waals surface area contributed by atoms with E-state index in [1.807, 2.05) is 11.9 Å². The fraction of sp³-hybridized carbons (Fsp3) is 0.615. The third kappa shape index (κ3) is 3.66. The second-order valence-corrected chi connectivity index (χ2v) is 4.88. The van der Waals surface area contributed by atoms with Crippen molar-refractivity contribution < 1.29 is 9.50 Å². The summed E-state index contributed by atoms with van der Waals surface area (Å²) >= 11 is 0. The van der Waals surface area contributed by atoms with E-state index in [-0.39, 0.29) is 6.61 Å². The first kappa shape index (κ1) is 13.9. The van der Waals surface area contributed by atoms with E-state index in [4.69, 9.17) is 0 Å². The van der Waals surface area contributed by atoms with Crippen molar-refractivity contribution in [2.24, 2.45) is 5.92 Å². The number of aliphatic hydroxyl groups is 1. The molecule has 0 bridgehead atoms. The van der Waals surface area contributed by atoms with E-state index in [0.29, 0.717) is 23.3 Å². The summed E-state index contributed by atoms with van der Waals surface area (Å²) in [7, 11) is 1.92. The van der Waals surface area contributed by atoms with Crippen molar-refractivity contribution in [3.63, 3.8) is 0 Å². The summed E-state index contributed by atoms with van der Waals surface area (Å²) < 4.78 is 13.0. The Hall–Kier alpha value is -1.16. The van der Waals surface area contributed by atoms with Gasteiger partial charge in [0.2, 0.25) is 0 Å². The number of hydrogen-bond acceptors (Lipinski definition) is 3. The summed E-state index contributed by atoms with van der Waals surface area (Å²) in [5.41, 5.74) is 0.531. The maximum Gasteiger partial charge on any atom is 0.142 e.